The molecule has 0 unspecified atom stereocenters. The summed E-state index contributed by atoms with van der Waals surface area (Å²) in [6, 6.07) is 14.4. The molecule has 0 radical (unpaired) electrons. The minimum atomic E-state index is -0.448. The van der Waals surface area contributed by atoms with Crippen molar-refractivity contribution in [1.82, 2.24) is 0 Å². The van der Waals surface area contributed by atoms with Gasteiger partial charge in [0.25, 0.3) is 0 Å². The highest BCUT2D eigenvalue weighted by molar-refractivity contribution is 9.38. The van der Waals surface area contributed by atoms with Crippen LogP contribution in [0.2, 0.25) is 0 Å². The summed E-state index contributed by atoms with van der Waals surface area (Å²) in [5.74, 6) is -0.226. The SMILES string of the molecule is Fc1cccc(-c2cccc(C(Br)(Br)Br)c2)c1. The zero-order chi connectivity index (χ0) is 12.5. The molecule has 0 atom stereocenters. The molecule has 0 nitrogen and oxygen atoms in total. The van der Waals surface area contributed by atoms with Crippen molar-refractivity contribution in [3.63, 3.8) is 0 Å². The molecule has 0 heterocycles. The second kappa shape index (κ2) is 5.21. The van der Waals surface area contributed by atoms with Crippen LogP contribution in [0.1, 0.15) is 5.56 Å². The quantitative estimate of drug-likeness (QED) is 0.510. The predicted octanol–water partition coefficient (Wildman–Crippen LogP) is 5.79. The molecule has 0 aromatic heterocycles. The summed E-state index contributed by atoms with van der Waals surface area (Å²) in [5.41, 5.74) is 2.85. The summed E-state index contributed by atoms with van der Waals surface area (Å²) < 4.78 is 12.7. The van der Waals surface area contributed by atoms with Crippen LogP contribution in [0.15, 0.2) is 48.5 Å². The molecular weight excluding hydrogens is 415 g/mol. The van der Waals surface area contributed by atoms with Gasteiger partial charge in [0.2, 0.25) is 0 Å². The lowest BCUT2D eigenvalue weighted by atomic mass is 10.0. The first kappa shape index (κ1) is 13.2. The fraction of sp³-hybridized carbons (Fsp3) is 0.0769. The molecule has 17 heavy (non-hydrogen) atoms. The molecule has 88 valence electrons. The number of halogens is 4. The minimum Gasteiger partial charge on any atom is -0.207 e. The maximum absolute atomic E-state index is 13.2. The molecular formula is C13H8Br3F. The highest BCUT2D eigenvalue weighted by Gasteiger charge is 2.20. The van der Waals surface area contributed by atoms with Gasteiger partial charge in [0.15, 0.2) is 2.14 Å². The third kappa shape index (κ3) is 3.39. The third-order valence-corrected chi connectivity index (χ3v) is 3.72. The van der Waals surface area contributed by atoms with Gasteiger partial charge in [-0.3, -0.25) is 0 Å². The van der Waals surface area contributed by atoms with Crippen molar-refractivity contribution < 1.29 is 4.39 Å². The first-order valence-electron chi connectivity index (χ1n) is 4.90. The van der Waals surface area contributed by atoms with E-state index in [-0.39, 0.29) is 5.82 Å². The summed E-state index contributed by atoms with van der Waals surface area (Å²) in [6.07, 6.45) is 0. The molecule has 0 fully saturated rings. The van der Waals surface area contributed by atoms with E-state index in [9.17, 15) is 4.39 Å². The Morgan fingerprint density at radius 2 is 1.41 bits per heavy atom. The maximum atomic E-state index is 13.2. The zero-order valence-electron chi connectivity index (χ0n) is 8.63. The van der Waals surface area contributed by atoms with Crippen LogP contribution >= 0.6 is 47.8 Å². The van der Waals surface area contributed by atoms with Gasteiger partial charge in [-0.1, -0.05) is 78.1 Å². The van der Waals surface area contributed by atoms with Crippen molar-refractivity contribution in [3.05, 3.63) is 59.9 Å². The summed E-state index contributed by atoms with van der Waals surface area (Å²) in [7, 11) is 0. The van der Waals surface area contributed by atoms with Gasteiger partial charge < -0.3 is 0 Å². The largest absolute Gasteiger partial charge is 0.207 e. The van der Waals surface area contributed by atoms with Crippen LogP contribution in [0.4, 0.5) is 4.39 Å². The van der Waals surface area contributed by atoms with Gasteiger partial charge in [0, 0.05) is 0 Å². The van der Waals surface area contributed by atoms with Crippen LogP contribution in [-0.2, 0) is 2.14 Å². The van der Waals surface area contributed by atoms with Crippen LogP contribution in [0.25, 0.3) is 11.1 Å². The molecule has 0 saturated carbocycles. The molecule has 4 heteroatoms. The lowest BCUT2D eigenvalue weighted by Gasteiger charge is -2.13. The highest BCUT2D eigenvalue weighted by atomic mass is 80.0. The van der Waals surface area contributed by atoms with Crippen molar-refractivity contribution in [2.45, 2.75) is 2.14 Å². The zero-order valence-corrected chi connectivity index (χ0v) is 13.4. The Hall–Kier alpha value is -0.190. The summed E-state index contributed by atoms with van der Waals surface area (Å²) in [6.45, 7) is 0. The van der Waals surface area contributed by atoms with Gasteiger partial charge in [0.1, 0.15) is 5.82 Å². The topological polar surface area (TPSA) is 0 Å². The van der Waals surface area contributed by atoms with E-state index >= 15 is 0 Å². The molecule has 2 rings (SSSR count). The van der Waals surface area contributed by atoms with Crippen molar-refractivity contribution in [1.29, 1.82) is 0 Å². The van der Waals surface area contributed by atoms with Gasteiger partial charge >= 0.3 is 0 Å². The van der Waals surface area contributed by atoms with Gasteiger partial charge in [-0.25, -0.2) is 4.39 Å². The van der Waals surface area contributed by atoms with E-state index in [0.717, 1.165) is 16.7 Å². The second-order valence-electron chi connectivity index (χ2n) is 3.59. The highest BCUT2D eigenvalue weighted by Crippen LogP contribution is 2.45. The Morgan fingerprint density at radius 3 is 2.00 bits per heavy atom. The second-order valence-corrected chi connectivity index (χ2v) is 10.3. The van der Waals surface area contributed by atoms with Crippen LogP contribution in [0.3, 0.4) is 0 Å². The average molecular weight is 423 g/mol. The monoisotopic (exact) mass is 420 g/mol. The Balaban J connectivity index is 2.47. The number of benzene rings is 2. The molecule has 0 bridgehead atoms. The van der Waals surface area contributed by atoms with Crippen molar-refractivity contribution in [3.8, 4) is 11.1 Å². The minimum absolute atomic E-state index is 0.226. The smallest absolute Gasteiger partial charge is 0.159 e. The van der Waals surface area contributed by atoms with Crippen LogP contribution < -0.4 is 0 Å². The molecule has 0 amide bonds. The Labute approximate surface area is 125 Å². The van der Waals surface area contributed by atoms with Crippen LogP contribution in [-0.4, -0.2) is 0 Å². The van der Waals surface area contributed by atoms with Gasteiger partial charge in [0.05, 0.1) is 0 Å². The van der Waals surface area contributed by atoms with Crippen molar-refractivity contribution in [2.24, 2.45) is 0 Å². The number of rotatable bonds is 1. The van der Waals surface area contributed by atoms with Crippen LogP contribution in [0, 0.1) is 5.82 Å². The molecule has 0 aliphatic heterocycles. The standard InChI is InChI=1S/C13H8Br3F/c14-13(15,16)11-5-1-3-9(7-11)10-4-2-6-12(17)8-10/h1-8H. The Morgan fingerprint density at radius 1 is 0.824 bits per heavy atom. The van der Waals surface area contributed by atoms with Crippen molar-refractivity contribution in [2.75, 3.05) is 0 Å². The lowest BCUT2D eigenvalue weighted by molar-refractivity contribution is 0.628. The Kier molecular flexibility index (Phi) is 4.06. The molecule has 0 aliphatic rings. The van der Waals surface area contributed by atoms with E-state index in [1.807, 2.05) is 30.3 Å². The van der Waals surface area contributed by atoms with E-state index < -0.39 is 2.14 Å². The van der Waals surface area contributed by atoms with E-state index in [1.54, 1.807) is 6.07 Å². The van der Waals surface area contributed by atoms with E-state index in [4.69, 9.17) is 0 Å². The molecule has 2 aromatic carbocycles. The molecule has 2 aromatic rings. The summed E-state index contributed by atoms with van der Waals surface area (Å²) in [5, 5.41) is 0. The van der Waals surface area contributed by atoms with Gasteiger partial charge in [-0.15, -0.1) is 0 Å². The number of hydrogen-bond donors (Lipinski definition) is 0. The van der Waals surface area contributed by atoms with Crippen molar-refractivity contribution >= 4 is 47.8 Å². The normalized spacial score (nSPS) is 11.5. The van der Waals surface area contributed by atoms with Gasteiger partial charge in [-0.05, 0) is 34.9 Å². The first-order valence-corrected chi connectivity index (χ1v) is 7.28. The maximum Gasteiger partial charge on any atom is 0.159 e. The van der Waals surface area contributed by atoms with Gasteiger partial charge in [-0.2, -0.15) is 0 Å². The molecule has 0 N–H and O–H groups in total. The Bertz CT molecular complexity index is 532. The summed E-state index contributed by atoms with van der Waals surface area (Å²) in [4.78, 5) is 0. The third-order valence-electron chi connectivity index (χ3n) is 2.35. The predicted molar refractivity (Wildman–Crippen MR) is 80.3 cm³/mol. The van der Waals surface area contributed by atoms with E-state index in [2.05, 4.69) is 47.8 Å². The fourth-order valence-electron chi connectivity index (χ4n) is 1.54. The molecule has 0 spiro atoms. The van der Waals surface area contributed by atoms with E-state index in [1.165, 1.54) is 12.1 Å². The summed E-state index contributed by atoms with van der Waals surface area (Å²) >= 11 is 10.4. The average Bonchev–Trinajstić information content (AvgIpc) is 2.28. The molecule has 0 aliphatic carbocycles. The van der Waals surface area contributed by atoms with E-state index in [0.29, 0.717) is 0 Å². The lowest BCUT2D eigenvalue weighted by Crippen LogP contribution is -1.97. The fourth-order valence-corrected chi connectivity index (χ4v) is 2.28. The number of hydrogen-bond acceptors (Lipinski definition) is 0. The number of alkyl halides is 3. The van der Waals surface area contributed by atoms with Crippen LogP contribution in [0.5, 0.6) is 0 Å². The molecule has 0 saturated heterocycles. The first-order chi connectivity index (χ1) is 7.97.